The van der Waals surface area contributed by atoms with Crippen LogP contribution in [0.5, 0.6) is 0 Å². The molecule has 1 N–H and O–H groups in total. The van der Waals surface area contributed by atoms with Gasteiger partial charge in [-0.2, -0.15) is 0 Å². The van der Waals surface area contributed by atoms with E-state index < -0.39 is 0 Å². The maximum atomic E-state index is 3.31. The molecule has 0 aromatic heterocycles. The first-order valence-electron chi connectivity index (χ1n) is 5.63. The van der Waals surface area contributed by atoms with Crippen LogP contribution in [0.2, 0.25) is 0 Å². The van der Waals surface area contributed by atoms with Crippen molar-refractivity contribution in [3.8, 4) is 0 Å². The molecule has 0 bridgehead atoms. The molecule has 1 aliphatic rings. The van der Waals surface area contributed by atoms with Gasteiger partial charge in [0.15, 0.2) is 0 Å². The topological polar surface area (TPSA) is 15.3 Å². The second-order valence-electron chi connectivity index (χ2n) is 4.72. The molecule has 0 spiro atoms. The van der Waals surface area contributed by atoms with Crippen LogP contribution in [0.4, 0.5) is 0 Å². The summed E-state index contributed by atoms with van der Waals surface area (Å²) in [5, 5.41) is 3.31. The van der Waals surface area contributed by atoms with E-state index in [1.807, 2.05) is 0 Å². The van der Waals surface area contributed by atoms with Crippen LogP contribution < -0.4 is 5.32 Å². The Morgan fingerprint density at radius 1 is 1.20 bits per heavy atom. The first kappa shape index (κ1) is 10.7. The fourth-order valence-corrected chi connectivity index (χ4v) is 2.16. The van der Waals surface area contributed by atoms with Crippen LogP contribution in [-0.2, 0) is 6.54 Å². The highest BCUT2D eigenvalue weighted by atomic mass is 15.2. The van der Waals surface area contributed by atoms with E-state index in [1.54, 1.807) is 0 Å². The average Bonchev–Trinajstić information content (AvgIpc) is 1.96. The summed E-state index contributed by atoms with van der Waals surface area (Å²) in [6.07, 6.45) is 0. The van der Waals surface area contributed by atoms with Crippen LogP contribution in [0.1, 0.15) is 16.7 Å². The molecule has 0 saturated carbocycles. The van der Waals surface area contributed by atoms with Crippen molar-refractivity contribution in [2.75, 3.05) is 20.1 Å². The van der Waals surface area contributed by atoms with Crippen LogP contribution in [0.15, 0.2) is 18.2 Å². The minimum atomic E-state index is 0.728. The summed E-state index contributed by atoms with van der Waals surface area (Å²) in [7, 11) is 2.21. The van der Waals surface area contributed by atoms with Crippen molar-refractivity contribution in [2.45, 2.75) is 26.4 Å². The highest BCUT2D eigenvalue weighted by Crippen LogP contribution is 2.13. The van der Waals surface area contributed by atoms with Gasteiger partial charge in [-0.25, -0.2) is 0 Å². The maximum absolute atomic E-state index is 3.31. The number of likely N-dealkylation sites (N-methyl/N-ethyl adjacent to an activating group) is 1. The normalized spacial score (nSPS) is 16.8. The number of hydrogen-bond acceptors (Lipinski definition) is 2. The zero-order chi connectivity index (χ0) is 10.8. The van der Waals surface area contributed by atoms with E-state index in [2.05, 4.69) is 49.3 Å². The number of hydrogen-bond donors (Lipinski definition) is 1. The first-order chi connectivity index (χ1) is 7.15. The smallest absolute Gasteiger partial charge is 0.0345 e. The molecule has 1 aromatic rings. The van der Waals surface area contributed by atoms with Gasteiger partial charge in [0, 0.05) is 25.7 Å². The van der Waals surface area contributed by atoms with Gasteiger partial charge in [0.2, 0.25) is 0 Å². The molecule has 0 aliphatic carbocycles. The molecule has 82 valence electrons. The minimum Gasteiger partial charge on any atom is -0.314 e. The van der Waals surface area contributed by atoms with Gasteiger partial charge in [-0.15, -0.1) is 0 Å². The lowest BCUT2D eigenvalue weighted by Gasteiger charge is -2.35. The number of nitrogens with one attached hydrogen (secondary N) is 1. The summed E-state index contributed by atoms with van der Waals surface area (Å²) in [6.45, 7) is 7.68. The van der Waals surface area contributed by atoms with Gasteiger partial charge >= 0.3 is 0 Å². The molecule has 1 aliphatic heterocycles. The predicted octanol–water partition coefficient (Wildman–Crippen LogP) is 1.71. The SMILES string of the molecule is Cc1cc(C)cc(CN(C)C2CNC2)c1. The van der Waals surface area contributed by atoms with Gasteiger partial charge in [0.1, 0.15) is 0 Å². The van der Waals surface area contributed by atoms with E-state index in [9.17, 15) is 0 Å². The number of benzene rings is 1. The van der Waals surface area contributed by atoms with Crippen LogP contribution in [-0.4, -0.2) is 31.1 Å². The lowest BCUT2D eigenvalue weighted by molar-refractivity contribution is 0.173. The molecule has 0 unspecified atom stereocenters. The van der Waals surface area contributed by atoms with Gasteiger partial charge in [-0.3, -0.25) is 4.90 Å². The van der Waals surface area contributed by atoms with Gasteiger partial charge in [0.25, 0.3) is 0 Å². The van der Waals surface area contributed by atoms with Crippen LogP contribution in [0.3, 0.4) is 0 Å². The van der Waals surface area contributed by atoms with Gasteiger partial charge < -0.3 is 5.32 Å². The van der Waals surface area contributed by atoms with Crippen molar-refractivity contribution in [1.29, 1.82) is 0 Å². The second kappa shape index (κ2) is 4.33. The minimum absolute atomic E-state index is 0.728. The molecule has 1 fully saturated rings. The lowest BCUT2D eigenvalue weighted by Crippen LogP contribution is -2.55. The zero-order valence-electron chi connectivity index (χ0n) is 9.88. The highest BCUT2D eigenvalue weighted by molar-refractivity contribution is 5.28. The molecule has 2 heteroatoms. The fourth-order valence-electron chi connectivity index (χ4n) is 2.16. The molecule has 15 heavy (non-hydrogen) atoms. The lowest BCUT2D eigenvalue weighted by atomic mass is 10.1. The standard InChI is InChI=1S/C13H20N2/c1-10-4-11(2)6-12(5-10)9-15(3)13-7-14-8-13/h4-6,13-14H,7-9H2,1-3H3. The third-order valence-corrected chi connectivity index (χ3v) is 3.10. The summed E-state index contributed by atoms with van der Waals surface area (Å²) >= 11 is 0. The summed E-state index contributed by atoms with van der Waals surface area (Å²) in [4.78, 5) is 2.44. The Morgan fingerprint density at radius 3 is 2.27 bits per heavy atom. The Labute approximate surface area is 92.3 Å². The molecule has 0 atom stereocenters. The summed E-state index contributed by atoms with van der Waals surface area (Å²) in [6, 6.07) is 7.53. The average molecular weight is 204 g/mol. The highest BCUT2D eigenvalue weighted by Gasteiger charge is 2.21. The van der Waals surface area contributed by atoms with Gasteiger partial charge in [-0.1, -0.05) is 29.3 Å². The quantitative estimate of drug-likeness (QED) is 0.806. The number of nitrogens with zero attached hydrogens (tertiary/aromatic N) is 1. The van der Waals surface area contributed by atoms with Crippen molar-refractivity contribution in [3.05, 3.63) is 34.9 Å². The van der Waals surface area contributed by atoms with Crippen LogP contribution in [0, 0.1) is 13.8 Å². The Balaban J connectivity index is 2.02. The Hall–Kier alpha value is -0.860. The largest absolute Gasteiger partial charge is 0.314 e. The summed E-state index contributed by atoms with van der Waals surface area (Å²) in [5.74, 6) is 0. The van der Waals surface area contributed by atoms with Gasteiger partial charge in [0.05, 0.1) is 0 Å². The van der Waals surface area contributed by atoms with E-state index in [4.69, 9.17) is 0 Å². The van der Waals surface area contributed by atoms with E-state index in [-0.39, 0.29) is 0 Å². The first-order valence-corrected chi connectivity index (χ1v) is 5.63. The van der Waals surface area contributed by atoms with Crippen molar-refractivity contribution in [1.82, 2.24) is 10.2 Å². The Kier molecular flexibility index (Phi) is 3.08. The molecular formula is C13H20N2. The third-order valence-electron chi connectivity index (χ3n) is 3.10. The monoisotopic (exact) mass is 204 g/mol. The Bertz CT molecular complexity index is 322. The van der Waals surface area contributed by atoms with Crippen LogP contribution in [0.25, 0.3) is 0 Å². The molecule has 0 amide bonds. The van der Waals surface area contributed by atoms with Crippen molar-refractivity contribution in [2.24, 2.45) is 0 Å². The van der Waals surface area contributed by atoms with Crippen molar-refractivity contribution >= 4 is 0 Å². The van der Waals surface area contributed by atoms with E-state index in [1.165, 1.54) is 16.7 Å². The molecule has 2 nitrogen and oxygen atoms in total. The van der Waals surface area contributed by atoms with Crippen molar-refractivity contribution < 1.29 is 0 Å². The maximum Gasteiger partial charge on any atom is 0.0345 e. The molecule has 1 heterocycles. The van der Waals surface area contributed by atoms with E-state index >= 15 is 0 Å². The number of rotatable bonds is 3. The summed E-state index contributed by atoms with van der Waals surface area (Å²) < 4.78 is 0. The van der Waals surface area contributed by atoms with E-state index in [0.29, 0.717) is 0 Å². The molecule has 1 saturated heterocycles. The predicted molar refractivity (Wildman–Crippen MR) is 64.0 cm³/mol. The molecular weight excluding hydrogens is 184 g/mol. The van der Waals surface area contributed by atoms with Gasteiger partial charge in [-0.05, 0) is 26.5 Å². The third kappa shape index (κ3) is 2.58. The zero-order valence-corrected chi connectivity index (χ0v) is 9.88. The van der Waals surface area contributed by atoms with Crippen molar-refractivity contribution in [3.63, 3.8) is 0 Å². The van der Waals surface area contributed by atoms with E-state index in [0.717, 1.165) is 25.7 Å². The second-order valence-corrected chi connectivity index (χ2v) is 4.72. The van der Waals surface area contributed by atoms with Crippen LogP contribution >= 0.6 is 0 Å². The molecule has 0 radical (unpaired) electrons. The molecule has 1 aromatic carbocycles. The number of aryl methyl sites for hydroxylation is 2. The molecule has 2 rings (SSSR count). The fraction of sp³-hybridized carbons (Fsp3) is 0.538. The Morgan fingerprint density at radius 2 is 1.80 bits per heavy atom. The summed E-state index contributed by atoms with van der Waals surface area (Å²) in [5.41, 5.74) is 4.16.